The first-order valence-corrected chi connectivity index (χ1v) is 5.61. The number of hydrogen-bond acceptors (Lipinski definition) is 1. The lowest BCUT2D eigenvalue weighted by Gasteiger charge is -1.98. The second-order valence-electron chi connectivity index (χ2n) is 4.30. The van der Waals surface area contributed by atoms with Crippen molar-refractivity contribution in [2.24, 2.45) is 0 Å². The average molecular weight is 210 g/mol. The van der Waals surface area contributed by atoms with Gasteiger partial charge in [0.25, 0.3) is 0 Å². The zero-order valence-corrected chi connectivity index (χ0v) is 9.26. The summed E-state index contributed by atoms with van der Waals surface area (Å²) >= 11 is 0. The SMILES string of the molecule is Cc1cccc([C@@H]2O[C@H]2c2ccccc2)c1. The first kappa shape index (κ1) is 9.61. The van der Waals surface area contributed by atoms with Crippen LogP contribution in [0.25, 0.3) is 0 Å². The molecule has 2 aromatic carbocycles. The topological polar surface area (TPSA) is 12.5 Å². The van der Waals surface area contributed by atoms with E-state index in [1.165, 1.54) is 16.7 Å². The second kappa shape index (κ2) is 3.76. The van der Waals surface area contributed by atoms with E-state index in [0.29, 0.717) is 0 Å². The fourth-order valence-corrected chi connectivity index (χ4v) is 2.11. The maximum atomic E-state index is 5.74. The van der Waals surface area contributed by atoms with E-state index in [2.05, 4.69) is 55.5 Å². The minimum absolute atomic E-state index is 0.252. The molecule has 0 N–H and O–H groups in total. The predicted octanol–water partition coefficient (Wildman–Crippen LogP) is 3.81. The molecule has 1 aliphatic rings. The molecular formula is C15H14O. The maximum absolute atomic E-state index is 5.74. The molecule has 0 bridgehead atoms. The average Bonchev–Trinajstić information content (AvgIpc) is 3.10. The molecule has 80 valence electrons. The minimum Gasteiger partial charge on any atom is -0.359 e. The molecule has 1 heteroatoms. The van der Waals surface area contributed by atoms with Crippen LogP contribution in [-0.2, 0) is 4.74 Å². The highest BCUT2D eigenvalue weighted by Gasteiger charge is 2.41. The Balaban J connectivity index is 1.82. The van der Waals surface area contributed by atoms with Crippen molar-refractivity contribution in [2.75, 3.05) is 0 Å². The van der Waals surface area contributed by atoms with E-state index in [0.717, 1.165) is 0 Å². The lowest BCUT2D eigenvalue weighted by molar-refractivity contribution is 0.377. The van der Waals surface area contributed by atoms with E-state index in [-0.39, 0.29) is 12.2 Å². The smallest absolute Gasteiger partial charge is 0.114 e. The van der Waals surface area contributed by atoms with Crippen LogP contribution < -0.4 is 0 Å². The Bertz CT molecular complexity index is 490. The Labute approximate surface area is 95.7 Å². The van der Waals surface area contributed by atoms with Crippen LogP contribution in [0.15, 0.2) is 54.6 Å². The zero-order chi connectivity index (χ0) is 11.0. The highest BCUT2D eigenvalue weighted by atomic mass is 16.6. The van der Waals surface area contributed by atoms with E-state index >= 15 is 0 Å². The fraction of sp³-hybridized carbons (Fsp3) is 0.200. The highest BCUT2D eigenvalue weighted by molar-refractivity contribution is 5.32. The van der Waals surface area contributed by atoms with Gasteiger partial charge in [0.2, 0.25) is 0 Å². The number of epoxide rings is 1. The van der Waals surface area contributed by atoms with E-state index in [1.54, 1.807) is 0 Å². The van der Waals surface area contributed by atoms with Crippen LogP contribution in [-0.4, -0.2) is 0 Å². The van der Waals surface area contributed by atoms with Crippen LogP contribution in [0.3, 0.4) is 0 Å². The van der Waals surface area contributed by atoms with Crippen molar-refractivity contribution in [1.82, 2.24) is 0 Å². The molecule has 1 aliphatic heterocycles. The Hall–Kier alpha value is -1.60. The van der Waals surface area contributed by atoms with Gasteiger partial charge in [-0.05, 0) is 18.1 Å². The number of hydrogen-bond donors (Lipinski definition) is 0. The van der Waals surface area contributed by atoms with Crippen LogP contribution in [0.5, 0.6) is 0 Å². The Morgan fingerprint density at radius 1 is 0.812 bits per heavy atom. The molecule has 1 saturated heterocycles. The van der Waals surface area contributed by atoms with E-state index in [9.17, 15) is 0 Å². The third-order valence-corrected chi connectivity index (χ3v) is 2.99. The van der Waals surface area contributed by atoms with Gasteiger partial charge in [0.15, 0.2) is 0 Å². The molecule has 0 saturated carbocycles. The van der Waals surface area contributed by atoms with Crippen LogP contribution in [0.2, 0.25) is 0 Å². The number of aryl methyl sites for hydroxylation is 1. The summed E-state index contributed by atoms with van der Waals surface area (Å²) in [6, 6.07) is 19.0. The molecule has 2 atom stereocenters. The largest absolute Gasteiger partial charge is 0.359 e. The van der Waals surface area contributed by atoms with E-state index in [1.807, 2.05) is 6.07 Å². The third kappa shape index (κ3) is 1.74. The minimum atomic E-state index is 0.252. The normalized spacial score (nSPS) is 23.1. The number of benzene rings is 2. The lowest BCUT2D eigenvalue weighted by Crippen LogP contribution is -1.84. The van der Waals surface area contributed by atoms with Crippen molar-refractivity contribution in [3.05, 3.63) is 71.3 Å². The summed E-state index contributed by atoms with van der Waals surface area (Å²) in [5, 5.41) is 0. The molecule has 3 rings (SSSR count). The van der Waals surface area contributed by atoms with Crippen molar-refractivity contribution in [3.63, 3.8) is 0 Å². The Morgan fingerprint density at radius 3 is 2.25 bits per heavy atom. The van der Waals surface area contributed by atoms with Crippen molar-refractivity contribution < 1.29 is 4.74 Å². The molecule has 2 aromatic rings. The summed E-state index contributed by atoms with van der Waals surface area (Å²) in [4.78, 5) is 0. The van der Waals surface area contributed by atoms with Crippen LogP contribution in [0.4, 0.5) is 0 Å². The highest BCUT2D eigenvalue weighted by Crippen LogP contribution is 2.50. The number of ether oxygens (including phenoxy) is 1. The quantitative estimate of drug-likeness (QED) is 0.687. The van der Waals surface area contributed by atoms with E-state index in [4.69, 9.17) is 4.74 Å². The third-order valence-electron chi connectivity index (χ3n) is 2.99. The summed E-state index contributed by atoms with van der Waals surface area (Å²) in [5.74, 6) is 0. The standard InChI is InChI=1S/C15H14O/c1-11-6-5-9-13(10-11)15-14(16-15)12-7-3-2-4-8-12/h2-10,14-15H,1H3/t14-,15-/m0/s1. The van der Waals surface area contributed by atoms with Crippen LogP contribution in [0.1, 0.15) is 28.9 Å². The van der Waals surface area contributed by atoms with Crippen molar-refractivity contribution in [2.45, 2.75) is 19.1 Å². The van der Waals surface area contributed by atoms with Gasteiger partial charge in [0, 0.05) is 0 Å². The van der Waals surface area contributed by atoms with Gasteiger partial charge in [0.05, 0.1) is 0 Å². The molecule has 0 amide bonds. The molecule has 0 unspecified atom stereocenters. The second-order valence-corrected chi connectivity index (χ2v) is 4.30. The Morgan fingerprint density at radius 2 is 1.50 bits per heavy atom. The van der Waals surface area contributed by atoms with E-state index < -0.39 is 0 Å². The molecular weight excluding hydrogens is 196 g/mol. The van der Waals surface area contributed by atoms with Crippen LogP contribution in [0, 0.1) is 6.92 Å². The fourth-order valence-electron chi connectivity index (χ4n) is 2.11. The lowest BCUT2D eigenvalue weighted by atomic mass is 10.0. The molecule has 0 radical (unpaired) electrons. The summed E-state index contributed by atoms with van der Waals surface area (Å²) in [5.41, 5.74) is 3.85. The summed E-state index contributed by atoms with van der Waals surface area (Å²) in [6.07, 6.45) is 0.505. The molecule has 1 fully saturated rings. The van der Waals surface area contributed by atoms with Crippen molar-refractivity contribution >= 4 is 0 Å². The monoisotopic (exact) mass is 210 g/mol. The van der Waals surface area contributed by atoms with Crippen LogP contribution >= 0.6 is 0 Å². The van der Waals surface area contributed by atoms with Crippen molar-refractivity contribution in [1.29, 1.82) is 0 Å². The summed E-state index contributed by atoms with van der Waals surface area (Å²) in [7, 11) is 0. The van der Waals surface area contributed by atoms with Gasteiger partial charge >= 0.3 is 0 Å². The molecule has 0 aromatic heterocycles. The first-order valence-electron chi connectivity index (χ1n) is 5.61. The summed E-state index contributed by atoms with van der Waals surface area (Å²) in [6.45, 7) is 2.11. The van der Waals surface area contributed by atoms with Gasteiger partial charge in [-0.15, -0.1) is 0 Å². The zero-order valence-electron chi connectivity index (χ0n) is 9.26. The van der Waals surface area contributed by atoms with Gasteiger partial charge in [0.1, 0.15) is 12.2 Å². The first-order chi connectivity index (χ1) is 7.84. The molecule has 0 aliphatic carbocycles. The van der Waals surface area contributed by atoms with Gasteiger partial charge in [-0.25, -0.2) is 0 Å². The number of rotatable bonds is 2. The van der Waals surface area contributed by atoms with Gasteiger partial charge in [-0.1, -0.05) is 60.2 Å². The Kier molecular flexibility index (Phi) is 2.26. The summed E-state index contributed by atoms with van der Waals surface area (Å²) < 4.78 is 5.74. The van der Waals surface area contributed by atoms with Gasteiger partial charge in [-0.2, -0.15) is 0 Å². The van der Waals surface area contributed by atoms with Gasteiger partial charge in [-0.3, -0.25) is 0 Å². The molecule has 1 nitrogen and oxygen atoms in total. The molecule has 0 spiro atoms. The molecule has 16 heavy (non-hydrogen) atoms. The van der Waals surface area contributed by atoms with Gasteiger partial charge < -0.3 is 4.74 Å². The maximum Gasteiger partial charge on any atom is 0.114 e. The predicted molar refractivity (Wildman–Crippen MR) is 64.2 cm³/mol. The molecule has 1 heterocycles. The van der Waals surface area contributed by atoms with Crippen molar-refractivity contribution in [3.8, 4) is 0 Å².